The first-order chi connectivity index (χ1) is 6.81. The molecule has 0 unspecified atom stereocenters. The molecule has 0 amide bonds. The van der Waals surface area contributed by atoms with E-state index in [-0.39, 0.29) is 11.8 Å². The monoisotopic (exact) mass is 195 g/mol. The molecule has 2 aromatic rings. The zero-order chi connectivity index (χ0) is 9.97. The lowest BCUT2D eigenvalue weighted by Gasteiger charge is -2.00. The van der Waals surface area contributed by atoms with Crippen LogP contribution in [0.25, 0.3) is 11.5 Å². The van der Waals surface area contributed by atoms with Crippen molar-refractivity contribution in [3.63, 3.8) is 0 Å². The van der Waals surface area contributed by atoms with Crippen LogP contribution in [0.2, 0.25) is 0 Å². The largest absolute Gasteiger partial charge is 0.479 e. The predicted molar refractivity (Wildman–Crippen MR) is 44.0 cm³/mol. The first kappa shape index (κ1) is 8.61. The Morgan fingerprint density at radius 1 is 1.43 bits per heavy atom. The van der Waals surface area contributed by atoms with Crippen LogP contribution in [0.3, 0.4) is 0 Å². The van der Waals surface area contributed by atoms with Crippen LogP contribution in [-0.4, -0.2) is 22.2 Å². The van der Waals surface area contributed by atoms with Gasteiger partial charge in [0.1, 0.15) is 0 Å². The number of methoxy groups -OCH3 is 1. The summed E-state index contributed by atoms with van der Waals surface area (Å²) in [6, 6.07) is 1.22. The molecule has 0 fully saturated rings. The minimum Gasteiger partial charge on any atom is -0.479 e. The highest BCUT2D eigenvalue weighted by Gasteiger charge is 2.09. The maximum absolute atomic E-state index is 13.2. The first-order valence-corrected chi connectivity index (χ1v) is 3.78. The fourth-order valence-corrected chi connectivity index (χ4v) is 0.993. The van der Waals surface area contributed by atoms with Gasteiger partial charge in [0.2, 0.25) is 5.88 Å². The summed E-state index contributed by atoms with van der Waals surface area (Å²) in [7, 11) is 1.35. The van der Waals surface area contributed by atoms with Crippen LogP contribution in [0.5, 0.6) is 5.88 Å². The van der Waals surface area contributed by atoms with E-state index >= 15 is 0 Å². The van der Waals surface area contributed by atoms with Gasteiger partial charge in [-0.25, -0.2) is 9.37 Å². The van der Waals surface area contributed by atoms with Crippen LogP contribution in [0.1, 0.15) is 0 Å². The van der Waals surface area contributed by atoms with Crippen LogP contribution in [0.15, 0.2) is 23.1 Å². The summed E-state index contributed by atoms with van der Waals surface area (Å²) in [5.41, 5.74) is 0.417. The zero-order valence-electron chi connectivity index (χ0n) is 7.27. The van der Waals surface area contributed by atoms with Gasteiger partial charge in [0.25, 0.3) is 5.89 Å². The van der Waals surface area contributed by atoms with Crippen molar-refractivity contribution in [2.75, 3.05) is 7.11 Å². The van der Waals surface area contributed by atoms with E-state index in [2.05, 4.69) is 19.9 Å². The molecule has 14 heavy (non-hydrogen) atoms. The molecule has 0 aromatic carbocycles. The fourth-order valence-electron chi connectivity index (χ4n) is 0.993. The van der Waals surface area contributed by atoms with Gasteiger partial charge in [-0.2, -0.15) is 4.98 Å². The second kappa shape index (κ2) is 3.41. The van der Waals surface area contributed by atoms with Gasteiger partial charge in [0, 0.05) is 6.20 Å². The minimum atomic E-state index is -0.566. The lowest BCUT2D eigenvalue weighted by atomic mass is 10.3. The molecule has 0 aliphatic rings. The van der Waals surface area contributed by atoms with Crippen molar-refractivity contribution in [2.24, 2.45) is 0 Å². The third-order valence-electron chi connectivity index (χ3n) is 1.61. The molecular formula is C8H6FN3O2. The van der Waals surface area contributed by atoms with Gasteiger partial charge < -0.3 is 9.26 Å². The van der Waals surface area contributed by atoms with Crippen molar-refractivity contribution in [1.82, 2.24) is 15.1 Å². The molecular weight excluding hydrogens is 189 g/mol. The normalized spacial score (nSPS) is 10.1. The lowest BCUT2D eigenvalue weighted by molar-refractivity contribution is 0.369. The van der Waals surface area contributed by atoms with Crippen molar-refractivity contribution in [3.05, 3.63) is 24.4 Å². The van der Waals surface area contributed by atoms with Crippen molar-refractivity contribution in [2.45, 2.75) is 0 Å². The highest BCUT2D eigenvalue weighted by molar-refractivity contribution is 5.51. The number of nitrogens with zero attached hydrogens (tertiary/aromatic N) is 3. The topological polar surface area (TPSA) is 61.0 Å². The maximum atomic E-state index is 13.2. The van der Waals surface area contributed by atoms with E-state index in [9.17, 15) is 4.39 Å². The molecule has 0 aliphatic heterocycles. The molecule has 0 radical (unpaired) electrons. The van der Waals surface area contributed by atoms with E-state index in [0.717, 1.165) is 0 Å². The van der Waals surface area contributed by atoms with Crippen molar-refractivity contribution >= 4 is 0 Å². The van der Waals surface area contributed by atoms with Gasteiger partial charge in [-0.15, -0.1) is 0 Å². The number of rotatable bonds is 2. The van der Waals surface area contributed by atoms with E-state index in [4.69, 9.17) is 4.52 Å². The highest BCUT2D eigenvalue weighted by Crippen LogP contribution is 2.20. The molecule has 72 valence electrons. The Bertz CT molecular complexity index is 430. The SMILES string of the molecule is COc1ncc(-c2ncno2)cc1F. The Morgan fingerprint density at radius 3 is 2.86 bits per heavy atom. The van der Waals surface area contributed by atoms with Gasteiger partial charge >= 0.3 is 0 Å². The highest BCUT2D eigenvalue weighted by atomic mass is 19.1. The molecule has 0 bridgehead atoms. The zero-order valence-corrected chi connectivity index (χ0v) is 7.27. The van der Waals surface area contributed by atoms with Crippen molar-refractivity contribution in [3.8, 4) is 17.3 Å². The molecule has 5 nitrogen and oxygen atoms in total. The summed E-state index contributed by atoms with van der Waals surface area (Å²) in [5, 5.41) is 3.40. The third kappa shape index (κ3) is 1.41. The van der Waals surface area contributed by atoms with E-state index < -0.39 is 5.82 Å². The average Bonchev–Trinajstić information content (AvgIpc) is 2.70. The lowest BCUT2D eigenvalue weighted by Crippen LogP contribution is -1.92. The molecule has 0 saturated carbocycles. The maximum Gasteiger partial charge on any atom is 0.259 e. The first-order valence-electron chi connectivity index (χ1n) is 3.78. The van der Waals surface area contributed by atoms with E-state index in [1.54, 1.807) is 0 Å². The molecule has 6 heteroatoms. The molecule has 0 saturated heterocycles. The summed E-state index contributed by atoms with van der Waals surface area (Å²) in [5.74, 6) is -0.407. The number of hydrogen-bond acceptors (Lipinski definition) is 5. The van der Waals surface area contributed by atoms with Crippen LogP contribution in [0.4, 0.5) is 4.39 Å². The minimum absolute atomic E-state index is 0.0618. The van der Waals surface area contributed by atoms with Crippen LogP contribution in [-0.2, 0) is 0 Å². The third-order valence-corrected chi connectivity index (χ3v) is 1.61. The molecule has 2 aromatic heterocycles. The molecule has 2 heterocycles. The number of pyridine rings is 1. The second-order valence-corrected chi connectivity index (χ2v) is 2.46. The molecule has 0 spiro atoms. The summed E-state index contributed by atoms with van der Waals surface area (Å²) in [6.45, 7) is 0. The van der Waals surface area contributed by atoms with Crippen LogP contribution < -0.4 is 4.74 Å². The Labute approximate surface area is 78.5 Å². The standard InChI is InChI=1S/C8H6FN3O2/c1-13-8-6(9)2-5(3-10-8)7-11-4-12-14-7/h2-4H,1H3. The molecule has 0 aliphatic carbocycles. The summed E-state index contributed by atoms with van der Waals surface area (Å²) < 4.78 is 22.6. The van der Waals surface area contributed by atoms with Crippen LogP contribution >= 0.6 is 0 Å². The molecule has 0 atom stereocenters. The van der Waals surface area contributed by atoms with E-state index in [1.165, 1.54) is 25.7 Å². The predicted octanol–water partition coefficient (Wildman–Crippen LogP) is 1.28. The van der Waals surface area contributed by atoms with Crippen LogP contribution in [0, 0.1) is 5.82 Å². The Balaban J connectivity index is 2.43. The summed E-state index contributed by atoms with van der Waals surface area (Å²) >= 11 is 0. The van der Waals surface area contributed by atoms with Gasteiger partial charge in [-0.3, -0.25) is 0 Å². The quantitative estimate of drug-likeness (QED) is 0.722. The van der Waals surface area contributed by atoms with Gasteiger partial charge in [-0.1, -0.05) is 5.16 Å². The summed E-state index contributed by atoms with van der Waals surface area (Å²) in [4.78, 5) is 7.49. The second-order valence-electron chi connectivity index (χ2n) is 2.46. The Morgan fingerprint density at radius 2 is 2.29 bits per heavy atom. The number of ether oxygens (including phenoxy) is 1. The number of hydrogen-bond donors (Lipinski definition) is 0. The van der Waals surface area contributed by atoms with Gasteiger partial charge in [0.15, 0.2) is 12.1 Å². The molecule has 2 rings (SSSR count). The van der Waals surface area contributed by atoms with Crippen molar-refractivity contribution < 1.29 is 13.7 Å². The van der Waals surface area contributed by atoms with Crippen molar-refractivity contribution in [1.29, 1.82) is 0 Å². The van der Waals surface area contributed by atoms with Gasteiger partial charge in [-0.05, 0) is 6.07 Å². The Hall–Kier alpha value is -1.98. The fraction of sp³-hybridized carbons (Fsp3) is 0.125. The van der Waals surface area contributed by atoms with Gasteiger partial charge in [0.05, 0.1) is 12.7 Å². The Kier molecular flexibility index (Phi) is 2.10. The van der Waals surface area contributed by atoms with E-state index in [0.29, 0.717) is 5.56 Å². The summed E-state index contributed by atoms with van der Waals surface area (Å²) in [6.07, 6.45) is 2.63. The number of aromatic nitrogens is 3. The smallest absolute Gasteiger partial charge is 0.259 e. The van der Waals surface area contributed by atoms with E-state index in [1.807, 2.05) is 0 Å². The number of halogens is 1. The average molecular weight is 195 g/mol. The molecule has 0 N–H and O–H groups in total.